The van der Waals surface area contributed by atoms with Crippen molar-refractivity contribution in [1.29, 1.82) is 0 Å². The van der Waals surface area contributed by atoms with E-state index in [1.165, 1.54) is 0 Å². The van der Waals surface area contributed by atoms with Gasteiger partial charge >= 0.3 is 0 Å². The fourth-order valence-corrected chi connectivity index (χ4v) is 1.96. The Balaban J connectivity index is 2.11. The molecule has 0 spiro atoms. The van der Waals surface area contributed by atoms with E-state index in [1.807, 2.05) is 19.1 Å². The Kier molecular flexibility index (Phi) is 4.17. The molecule has 0 aromatic heterocycles. The minimum absolute atomic E-state index is 0.588. The van der Waals surface area contributed by atoms with Crippen LogP contribution in [0.15, 0.2) is 12.1 Å². The number of benzene rings is 1. The molecule has 2 nitrogen and oxygen atoms in total. The van der Waals surface area contributed by atoms with Crippen LogP contribution in [-0.2, 0) is 6.42 Å². The lowest BCUT2D eigenvalue weighted by Crippen LogP contribution is -2.15. The Hall–Kier alpha value is -1.33. The highest BCUT2D eigenvalue weighted by molar-refractivity contribution is 6.31. The molecule has 1 aliphatic rings. The first-order chi connectivity index (χ1) is 8.31. The van der Waals surface area contributed by atoms with Crippen molar-refractivity contribution in [3.05, 3.63) is 22.7 Å². The lowest BCUT2D eigenvalue weighted by Gasteiger charge is -2.19. The third-order valence-electron chi connectivity index (χ3n) is 2.53. The van der Waals surface area contributed by atoms with Crippen molar-refractivity contribution in [1.82, 2.24) is 0 Å². The van der Waals surface area contributed by atoms with Gasteiger partial charge < -0.3 is 9.47 Å². The minimum Gasteiger partial charge on any atom is -0.486 e. The lowest BCUT2D eigenvalue weighted by atomic mass is 10.1. The molecule has 17 heavy (non-hydrogen) atoms. The van der Waals surface area contributed by atoms with E-state index in [4.69, 9.17) is 21.1 Å². The van der Waals surface area contributed by atoms with Crippen LogP contribution < -0.4 is 9.47 Å². The Morgan fingerprint density at radius 3 is 2.59 bits per heavy atom. The highest BCUT2D eigenvalue weighted by Gasteiger charge is 2.14. The zero-order valence-electron chi connectivity index (χ0n) is 9.88. The molecule has 0 unspecified atom stereocenters. The molecule has 0 amide bonds. The second-order valence-electron chi connectivity index (χ2n) is 3.79. The molecule has 0 saturated carbocycles. The fourth-order valence-electron chi connectivity index (χ4n) is 1.71. The van der Waals surface area contributed by atoms with Crippen LogP contribution in [0.5, 0.6) is 11.5 Å². The molecule has 0 bridgehead atoms. The number of halogens is 1. The van der Waals surface area contributed by atoms with Crippen molar-refractivity contribution < 1.29 is 9.47 Å². The second kappa shape index (κ2) is 5.84. The van der Waals surface area contributed by atoms with Crippen LogP contribution >= 0.6 is 11.6 Å². The van der Waals surface area contributed by atoms with Gasteiger partial charge in [-0.2, -0.15) is 0 Å². The summed E-state index contributed by atoms with van der Waals surface area (Å²) in [5, 5.41) is 0.729. The largest absolute Gasteiger partial charge is 0.486 e. The van der Waals surface area contributed by atoms with Gasteiger partial charge in [-0.1, -0.05) is 18.5 Å². The summed E-state index contributed by atoms with van der Waals surface area (Å²) in [6.07, 6.45) is 2.57. The number of ether oxygens (including phenoxy) is 2. The van der Waals surface area contributed by atoms with Gasteiger partial charge in [0, 0.05) is 23.9 Å². The first-order valence-corrected chi connectivity index (χ1v) is 6.23. The van der Waals surface area contributed by atoms with Crippen molar-refractivity contribution >= 4 is 11.6 Å². The first-order valence-electron chi connectivity index (χ1n) is 5.85. The topological polar surface area (TPSA) is 18.5 Å². The van der Waals surface area contributed by atoms with Crippen molar-refractivity contribution in [2.45, 2.75) is 26.2 Å². The van der Waals surface area contributed by atoms with Crippen molar-refractivity contribution in [3.8, 4) is 23.3 Å². The van der Waals surface area contributed by atoms with Crippen LogP contribution in [0.2, 0.25) is 5.02 Å². The average Bonchev–Trinajstić information content (AvgIpc) is 2.35. The number of aryl methyl sites for hydroxylation is 1. The first kappa shape index (κ1) is 12.1. The van der Waals surface area contributed by atoms with Gasteiger partial charge in [0.25, 0.3) is 0 Å². The van der Waals surface area contributed by atoms with Crippen LogP contribution in [0.25, 0.3) is 0 Å². The number of rotatable bonds is 2. The smallest absolute Gasteiger partial charge is 0.162 e. The molecule has 0 N–H and O–H groups in total. The summed E-state index contributed by atoms with van der Waals surface area (Å²) in [5.41, 5.74) is 1.07. The maximum absolute atomic E-state index is 6.19. The van der Waals surface area contributed by atoms with Crippen LogP contribution in [0.3, 0.4) is 0 Å². The second-order valence-corrected chi connectivity index (χ2v) is 4.20. The summed E-state index contributed by atoms with van der Waals surface area (Å²) in [4.78, 5) is 0. The zero-order chi connectivity index (χ0) is 12.1. The predicted molar refractivity (Wildman–Crippen MR) is 68.8 cm³/mol. The molecule has 90 valence electrons. The van der Waals surface area contributed by atoms with Crippen LogP contribution in [-0.4, -0.2) is 13.2 Å². The van der Waals surface area contributed by atoms with E-state index in [1.54, 1.807) is 0 Å². The third-order valence-corrected chi connectivity index (χ3v) is 2.88. The summed E-state index contributed by atoms with van der Waals surface area (Å²) < 4.78 is 11.0. The van der Waals surface area contributed by atoms with Crippen molar-refractivity contribution in [2.75, 3.05) is 13.2 Å². The van der Waals surface area contributed by atoms with Gasteiger partial charge in [0.2, 0.25) is 0 Å². The maximum Gasteiger partial charge on any atom is 0.162 e. The summed E-state index contributed by atoms with van der Waals surface area (Å²) in [7, 11) is 0. The maximum atomic E-state index is 6.19. The summed E-state index contributed by atoms with van der Waals surface area (Å²) in [6, 6.07) is 3.79. The molecule has 1 aromatic rings. The monoisotopic (exact) mass is 250 g/mol. The molecule has 3 heteroatoms. The Morgan fingerprint density at radius 2 is 1.88 bits per heavy atom. The Bertz CT molecular complexity index is 457. The summed E-state index contributed by atoms with van der Waals surface area (Å²) >= 11 is 6.19. The fraction of sp³-hybridized carbons (Fsp3) is 0.429. The molecule has 1 aromatic carbocycles. The average molecular weight is 251 g/mol. The molecule has 2 rings (SSSR count). The summed E-state index contributed by atoms with van der Waals surface area (Å²) in [5.74, 6) is 7.69. The van der Waals surface area contributed by atoms with Gasteiger partial charge in [-0.15, -0.1) is 11.8 Å². The van der Waals surface area contributed by atoms with Gasteiger partial charge in [0.1, 0.15) is 13.2 Å². The van der Waals surface area contributed by atoms with E-state index in [-0.39, 0.29) is 0 Å². The lowest BCUT2D eigenvalue weighted by molar-refractivity contribution is 0.171. The molecule has 1 heterocycles. The minimum atomic E-state index is 0.588. The van der Waals surface area contributed by atoms with Gasteiger partial charge in [-0.25, -0.2) is 0 Å². The molecule has 1 aliphatic heterocycles. The van der Waals surface area contributed by atoms with E-state index in [0.29, 0.717) is 13.2 Å². The van der Waals surface area contributed by atoms with Crippen molar-refractivity contribution in [3.63, 3.8) is 0 Å². The molecule has 0 atom stereocenters. The van der Waals surface area contributed by atoms with E-state index < -0.39 is 0 Å². The molecule has 0 fully saturated rings. The number of hydrogen-bond donors (Lipinski definition) is 0. The molecule has 0 saturated heterocycles. The Labute approximate surface area is 107 Å². The quantitative estimate of drug-likeness (QED) is 0.749. The van der Waals surface area contributed by atoms with Crippen LogP contribution in [0.4, 0.5) is 0 Å². The van der Waals surface area contributed by atoms with Crippen LogP contribution in [0, 0.1) is 11.8 Å². The van der Waals surface area contributed by atoms with Crippen molar-refractivity contribution in [2.24, 2.45) is 0 Å². The molecular weight excluding hydrogens is 236 g/mol. The van der Waals surface area contributed by atoms with E-state index >= 15 is 0 Å². The van der Waals surface area contributed by atoms with E-state index in [0.717, 1.165) is 41.3 Å². The molecule has 0 aliphatic carbocycles. The van der Waals surface area contributed by atoms with Gasteiger partial charge in [0.15, 0.2) is 11.5 Å². The highest BCUT2D eigenvalue weighted by atomic mass is 35.5. The molecule has 0 radical (unpaired) electrons. The Morgan fingerprint density at radius 1 is 1.18 bits per heavy atom. The van der Waals surface area contributed by atoms with E-state index in [2.05, 4.69) is 11.8 Å². The zero-order valence-corrected chi connectivity index (χ0v) is 10.6. The summed E-state index contributed by atoms with van der Waals surface area (Å²) in [6.45, 7) is 3.23. The van der Waals surface area contributed by atoms with Gasteiger partial charge in [-0.3, -0.25) is 0 Å². The van der Waals surface area contributed by atoms with Gasteiger partial charge in [0.05, 0.1) is 0 Å². The van der Waals surface area contributed by atoms with Gasteiger partial charge in [-0.05, 0) is 18.1 Å². The normalized spacial score (nSPS) is 12.8. The highest BCUT2D eigenvalue weighted by Crippen LogP contribution is 2.35. The standard InChI is InChI=1S/C14H15ClO2/c1-2-3-4-5-6-11-9-13-14(10-12(11)15)17-8-7-16-13/h9-10H,2,5-8H2,1H3. The molecular formula is C14H15ClO2. The van der Waals surface area contributed by atoms with Crippen LogP contribution in [0.1, 0.15) is 25.3 Å². The third kappa shape index (κ3) is 3.08. The predicted octanol–water partition coefficient (Wildman–Crippen LogP) is 3.46. The number of fused-ring (bicyclic) bond motifs is 1. The van der Waals surface area contributed by atoms with E-state index in [9.17, 15) is 0 Å². The SMILES string of the molecule is CCC#CCCc1cc2c(cc1Cl)OCCO2. The number of hydrogen-bond acceptors (Lipinski definition) is 2.